The number of rotatable bonds is 12. The number of carboxylic acids is 2. The molecule has 0 bridgehead atoms. The Kier molecular flexibility index (Phi) is 13.3. The van der Waals surface area contributed by atoms with Gasteiger partial charge in [0.2, 0.25) is 0 Å². The van der Waals surface area contributed by atoms with Gasteiger partial charge in [-0.2, -0.15) is 0 Å². The minimum absolute atomic E-state index is 0. The molecule has 22 heavy (non-hydrogen) atoms. The molecule has 124 valence electrons. The molecular formula is C16H28O5Sr. The molecule has 0 fully saturated rings. The van der Waals surface area contributed by atoms with Crippen molar-refractivity contribution in [3.05, 3.63) is 0 Å². The van der Waals surface area contributed by atoms with E-state index < -0.39 is 22.8 Å². The molecule has 0 amide bonds. The maximum Gasteiger partial charge on any atom is 2.00 e. The van der Waals surface area contributed by atoms with Gasteiger partial charge in [-0.3, -0.25) is 0 Å². The van der Waals surface area contributed by atoms with E-state index in [-0.39, 0.29) is 45.5 Å². The summed E-state index contributed by atoms with van der Waals surface area (Å²) in [7, 11) is 0. The Balaban J connectivity index is 0. The molecule has 0 aliphatic heterocycles. The van der Waals surface area contributed by atoms with E-state index in [4.69, 9.17) is 4.74 Å². The van der Waals surface area contributed by atoms with Crippen molar-refractivity contribution in [1.29, 1.82) is 0 Å². The molecule has 0 radical (unpaired) electrons. The standard InChI is InChI=1S/C16H30O5.Sr/c1-15(2,13(17)18)9-5-7-11-21-12-8-6-10-16(3,4)14(19)20;/h5-12H2,1-4H3,(H,17,18)(H,19,20);/q;+2/p-2. The molecule has 0 heterocycles. The van der Waals surface area contributed by atoms with E-state index in [0.29, 0.717) is 26.1 Å². The SMILES string of the molecule is CC(C)(CCCCOCCCCC(C)(C)C(=O)[O-])C(=O)[O-].[Sr+2]. The third-order valence-corrected chi connectivity index (χ3v) is 3.79. The molecule has 0 saturated heterocycles. The van der Waals surface area contributed by atoms with Gasteiger partial charge in [0.1, 0.15) is 0 Å². The van der Waals surface area contributed by atoms with Crippen LogP contribution in [0.3, 0.4) is 0 Å². The fraction of sp³-hybridized carbons (Fsp3) is 0.875. The number of hydrogen-bond acceptors (Lipinski definition) is 5. The van der Waals surface area contributed by atoms with Crippen LogP contribution in [0.25, 0.3) is 0 Å². The second-order valence-corrected chi connectivity index (χ2v) is 6.87. The van der Waals surface area contributed by atoms with Gasteiger partial charge in [-0.25, -0.2) is 0 Å². The van der Waals surface area contributed by atoms with Crippen LogP contribution in [0.5, 0.6) is 0 Å². The van der Waals surface area contributed by atoms with E-state index in [1.54, 1.807) is 27.7 Å². The first kappa shape index (κ1) is 24.6. The van der Waals surface area contributed by atoms with Gasteiger partial charge in [0.15, 0.2) is 0 Å². The Bertz CT molecular complexity index is 307. The molecule has 0 atom stereocenters. The first-order chi connectivity index (χ1) is 9.59. The molecule has 0 rings (SSSR count). The summed E-state index contributed by atoms with van der Waals surface area (Å²) in [5.41, 5.74) is -1.56. The minimum atomic E-state index is -1.01. The fourth-order valence-corrected chi connectivity index (χ4v) is 1.85. The van der Waals surface area contributed by atoms with E-state index in [1.807, 2.05) is 0 Å². The van der Waals surface area contributed by atoms with Crippen LogP contribution in [0.4, 0.5) is 0 Å². The van der Waals surface area contributed by atoms with Crippen LogP contribution in [0.15, 0.2) is 0 Å². The summed E-state index contributed by atoms with van der Waals surface area (Å²) in [6.45, 7) is 7.88. The maximum atomic E-state index is 10.8. The largest absolute Gasteiger partial charge is 2.00 e. The first-order valence-electron chi connectivity index (χ1n) is 7.60. The zero-order valence-corrected chi connectivity index (χ0v) is 17.9. The minimum Gasteiger partial charge on any atom is -0.550 e. The third-order valence-electron chi connectivity index (χ3n) is 3.79. The Morgan fingerprint density at radius 2 is 1.09 bits per heavy atom. The summed E-state index contributed by atoms with van der Waals surface area (Å²) >= 11 is 0. The normalized spacial score (nSPS) is 11.8. The van der Waals surface area contributed by atoms with E-state index >= 15 is 0 Å². The fourth-order valence-electron chi connectivity index (χ4n) is 1.85. The van der Waals surface area contributed by atoms with Crippen LogP contribution in [0, 0.1) is 10.8 Å². The monoisotopic (exact) mass is 388 g/mol. The smallest absolute Gasteiger partial charge is 0.550 e. The number of carbonyl (C=O) groups excluding carboxylic acids is 2. The summed E-state index contributed by atoms with van der Waals surface area (Å²) < 4.78 is 5.46. The Morgan fingerprint density at radius 3 is 1.36 bits per heavy atom. The molecule has 0 aliphatic carbocycles. The van der Waals surface area contributed by atoms with E-state index in [9.17, 15) is 19.8 Å². The first-order valence-corrected chi connectivity index (χ1v) is 7.60. The number of ether oxygens (including phenoxy) is 1. The Morgan fingerprint density at radius 1 is 0.773 bits per heavy atom. The van der Waals surface area contributed by atoms with Crippen molar-refractivity contribution in [2.75, 3.05) is 13.2 Å². The van der Waals surface area contributed by atoms with E-state index in [2.05, 4.69) is 0 Å². The van der Waals surface area contributed by atoms with Crippen molar-refractivity contribution in [3.63, 3.8) is 0 Å². The third kappa shape index (κ3) is 11.0. The van der Waals surface area contributed by atoms with Gasteiger partial charge in [-0.1, -0.05) is 40.5 Å². The van der Waals surface area contributed by atoms with E-state index in [0.717, 1.165) is 25.7 Å². The maximum absolute atomic E-state index is 10.8. The number of unbranched alkanes of at least 4 members (excludes halogenated alkanes) is 2. The number of carbonyl (C=O) groups is 2. The predicted octanol–water partition coefficient (Wildman–Crippen LogP) is 0.515. The predicted molar refractivity (Wildman–Crippen MR) is 81.9 cm³/mol. The number of carboxylic acid groups (broad SMARTS) is 2. The molecule has 0 aliphatic rings. The van der Waals surface area contributed by atoms with Crippen molar-refractivity contribution in [2.24, 2.45) is 10.8 Å². The quantitative estimate of drug-likeness (QED) is 0.359. The summed E-state index contributed by atoms with van der Waals surface area (Å²) in [6.07, 6.45) is 4.39. The molecule has 0 unspecified atom stereocenters. The van der Waals surface area contributed by atoms with E-state index in [1.165, 1.54) is 0 Å². The van der Waals surface area contributed by atoms with Crippen molar-refractivity contribution < 1.29 is 24.5 Å². The molecule has 0 spiro atoms. The molecule has 0 aromatic carbocycles. The van der Waals surface area contributed by atoms with Crippen molar-refractivity contribution >= 4 is 57.4 Å². The zero-order chi connectivity index (χ0) is 16.5. The second kappa shape index (κ2) is 11.8. The van der Waals surface area contributed by atoms with Crippen LogP contribution in [-0.4, -0.2) is 70.6 Å². The summed E-state index contributed by atoms with van der Waals surface area (Å²) in [5, 5.41) is 21.6. The topological polar surface area (TPSA) is 89.5 Å². The molecule has 6 heteroatoms. The van der Waals surface area contributed by atoms with Crippen molar-refractivity contribution in [2.45, 2.75) is 66.2 Å². The van der Waals surface area contributed by atoms with Gasteiger partial charge in [-0.15, -0.1) is 0 Å². The number of aliphatic carboxylic acids is 2. The van der Waals surface area contributed by atoms with Gasteiger partial charge in [-0.05, 0) is 25.7 Å². The van der Waals surface area contributed by atoms with Gasteiger partial charge < -0.3 is 24.5 Å². The van der Waals surface area contributed by atoms with Crippen LogP contribution >= 0.6 is 0 Å². The zero-order valence-electron chi connectivity index (χ0n) is 14.4. The average Bonchev–Trinajstić information content (AvgIpc) is 2.36. The number of hydrogen-bond donors (Lipinski definition) is 0. The average molecular weight is 388 g/mol. The Labute approximate surface area is 171 Å². The summed E-state index contributed by atoms with van der Waals surface area (Å²) in [4.78, 5) is 21.6. The van der Waals surface area contributed by atoms with Crippen molar-refractivity contribution in [1.82, 2.24) is 0 Å². The molecule has 0 aromatic rings. The van der Waals surface area contributed by atoms with Crippen LogP contribution < -0.4 is 10.2 Å². The molecule has 5 nitrogen and oxygen atoms in total. The molecule has 0 N–H and O–H groups in total. The van der Waals surface area contributed by atoms with Gasteiger partial charge in [0.05, 0.1) is 0 Å². The van der Waals surface area contributed by atoms with Crippen LogP contribution in [0.1, 0.15) is 66.2 Å². The molecule has 0 aromatic heterocycles. The van der Waals surface area contributed by atoms with Crippen LogP contribution in [0.2, 0.25) is 0 Å². The van der Waals surface area contributed by atoms with Crippen molar-refractivity contribution in [3.8, 4) is 0 Å². The van der Waals surface area contributed by atoms with Crippen LogP contribution in [-0.2, 0) is 14.3 Å². The Hall–Kier alpha value is 0.381. The second-order valence-electron chi connectivity index (χ2n) is 6.87. The van der Waals surface area contributed by atoms with Gasteiger partial charge >= 0.3 is 45.5 Å². The molecule has 0 saturated carbocycles. The van der Waals surface area contributed by atoms with Gasteiger partial charge in [0, 0.05) is 36.0 Å². The summed E-state index contributed by atoms with van der Waals surface area (Å²) in [5.74, 6) is -2.03. The summed E-state index contributed by atoms with van der Waals surface area (Å²) in [6, 6.07) is 0. The van der Waals surface area contributed by atoms with Gasteiger partial charge in [0.25, 0.3) is 0 Å². The molecular weight excluding hydrogens is 360 g/mol.